The van der Waals surface area contributed by atoms with Crippen LogP contribution < -0.4 is 20.1 Å². The molecule has 3 aromatic rings. The van der Waals surface area contributed by atoms with Crippen molar-refractivity contribution in [3.63, 3.8) is 0 Å². The molecule has 0 aliphatic heterocycles. The first-order chi connectivity index (χ1) is 15.4. The minimum Gasteiger partial charge on any atom is -0.490 e. The molecule has 0 atom stereocenters. The zero-order valence-corrected chi connectivity index (χ0v) is 21.2. The van der Waals surface area contributed by atoms with Gasteiger partial charge >= 0.3 is 0 Å². The summed E-state index contributed by atoms with van der Waals surface area (Å²) in [5.41, 5.74) is 4.85. The predicted octanol–water partition coefficient (Wildman–Crippen LogP) is 6.59. The third-order valence-electron chi connectivity index (χ3n) is 4.77. The van der Waals surface area contributed by atoms with Crippen molar-refractivity contribution >= 4 is 51.5 Å². The van der Waals surface area contributed by atoms with Crippen molar-refractivity contribution in [2.45, 2.75) is 27.3 Å². The molecule has 0 aliphatic carbocycles. The quantitative estimate of drug-likeness (QED) is 0.288. The van der Waals surface area contributed by atoms with E-state index in [1.807, 2.05) is 75.4 Å². The maximum absolute atomic E-state index is 12.4. The molecular weight excluding hydrogens is 539 g/mol. The number of halogens is 2. The van der Waals surface area contributed by atoms with E-state index in [2.05, 4.69) is 33.2 Å². The fourth-order valence-corrected chi connectivity index (χ4v) is 4.18. The number of ether oxygens (including phenoxy) is 2. The van der Waals surface area contributed by atoms with Crippen molar-refractivity contribution < 1.29 is 14.3 Å². The smallest absolute Gasteiger partial charge is 0.262 e. The Hall–Kier alpha value is -2.45. The Morgan fingerprint density at radius 1 is 1.06 bits per heavy atom. The number of rotatable bonds is 9. The molecule has 5 nitrogen and oxygen atoms in total. The number of amides is 1. The van der Waals surface area contributed by atoms with Crippen molar-refractivity contribution in [1.29, 1.82) is 0 Å². The Labute approximate surface area is 207 Å². The molecule has 0 aromatic heterocycles. The van der Waals surface area contributed by atoms with Crippen LogP contribution in [0.25, 0.3) is 0 Å². The zero-order valence-electron chi connectivity index (χ0n) is 18.3. The third kappa shape index (κ3) is 6.53. The van der Waals surface area contributed by atoms with E-state index in [0.717, 1.165) is 36.7 Å². The lowest BCUT2D eigenvalue weighted by atomic mass is 10.1. The van der Waals surface area contributed by atoms with Gasteiger partial charge in [0.25, 0.3) is 5.91 Å². The first-order valence-electron chi connectivity index (χ1n) is 10.3. The number of nitrogens with one attached hydrogen (secondary N) is 2. The van der Waals surface area contributed by atoms with Crippen LogP contribution in [-0.2, 0) is 11.3 Å². The van der Waals surface area contributed by atoms with Gasteiger partial charge in [0, 0.05) is 22.9 Å². The average Bonchev–Trinajstić information content (AvgIpc) is 2.74. The number of hydrogen-bond acceptors (Lipinski definition) is 4. The molecule has 2 N–H and O–H groups in total. The number of aryl methyl sites for hydroxylation is 1. The molecule has 7 heteroatoms. The molecule has 1 amide bonds. The van der Waals surface area contributed by atoms with Gasteiger partial charge in [-0.05, 0) is 96.5 Å². The number of benzene rings is 3. The molecule has 0 aliphatic rings. The van der Waals surface area contributed by atoms with Crippen molar-refractivity contribution in [2.24, 2.45) is 0 Å². The fraction of sp³-hybridized carbons (Fsp3) is 0.240. The Bertz CT molecular complexity index is 1100. The molecule has 168 valence electrons. The molecule has 3 aromatic carbocycles. The van der Waals surface area contributed by atoms with E-state index in [9.17, 15) is 4.79 Å². The molecule has 0 spiro atoms. The largest absolute Gasteiger partial charge is 0.490 e. The lowest BCUT2D eigenvalue weighted by Gasteiger charge is -2.16. The molecule has 0 unspecified atom stereocenters. The van der Waals surface area contributed by atoms with Crippen LogP contribution in [0.5, 0.6) is 11.5 Å². The standard InChI is InChI=1S/C25H26ClIN2O3/c1-4-31-23-13-18(14-28-22-10-6-9-20(26)17(22)3)12-21(27)25(23)32-15-24(30)29-19-8-5-7-16(2)11-19/h5-13,28H,4,14-15H2,1-3H3,(H,29,30). The van der Waals surface area contributed by atoms with Crippen molar-refractivity contribution in [3.8, 4) is 11.5 Å². The minimum atomic E-state index is -0.226. The van der Waals surface area contributed by atoms with E-state index < -0.39 is 0 Å². The first-order valence-corrected chi connectivity index (χ1v) is 11.8. The van der Waals surface area contributed by atoms with Crippen LogP contribution in [0.4, 0.5) is 11.4 Å². The highest BCUT2D eigenvalue weighted by atomic mass is 127. The molecule has 0 saturated heterocycles. The second-order valence-electron chi connectivity index (χ2n) is 7.31. The van der Waals surface area contributed by atoms with Gasteiger partial charge in [-0.15, -0.1) is 0 Å². The Morgan fingerprint density at radius 2 is 1.84 bits per heavy atom. The average molecular weight is 565 g/mol. The third-order valence-corrected chi connectivity index (χ3v) is 5.98. The van der Waals surface area contributed by atoms with Crippen LogP contribution >= 0.6 is 34.2 Å². The lowest BCUT2D eigenvalue weighted by molar-refractivity contribution is -0.118. The number of carbonyl (C=O) groups is 1. The van der Waals surface area contributed by atoms with Gasteiger partial charge in [-0.25, -0.2) is 0 Å². The van der Waals surface area contributed by atoms with E-state index in [1.54, 1.807) is 0 Å². The highest BCUT2D eigenvalue weighted by Gasteiger charge is 2.15. The second-order valence-corrected chi connectivity index (χ2v) is 8.88. The predicted molar refractivity (Wildman–Crippen MR) is 139 cm³/mol. The van der Waals surface area contributed by atoms with Crippen LogP contribution in [-0.4, -0.2) is 19.1 Å². The van der Waals surface area contributed by atoms with E-state index in [-0.39, 0.29) is 12.5 Å². The highest BCUT2D eigenvalue weighted by Crippen LogP contribution is 2.35. The van der Waals surface area contributed by atoms with Crippen LogP contribution in [0.2, 0.25) is 5.02 Å². The Morgan fingerprint density at radius 3 is 2.59 bits per heavy atom. The van der Waals surface area contributed by atoms with Gasteiger partial charge < -0.3 is 20.1 Å². The van der Waals surface area contributed by atoms with Crippen LogP contribution in [0.1, 0.15) is 23.6 Å². The molecule has 3 rings (SSSR count). The van der Waals surface area contributed by atoms with Crippen LogP contribution in [0.3, 0.4) is 0 Å². The summed E-state index contributed by atoms with van der Waals surface area (Å²) < 4.78 is 12.5. The summed E-state index contributed by atoms with van der Waals surface area (Å²) in [7, 11) is 0. The minimum absolute atomic E-state index is 0.108. The lowest BCUT2D eigenvalue weighted by Crippen LogP contribution is -2.20. The topological polar surface area (TPSA) is 59.6 Å². The molecule has 0 heterocycles. The van der Waals surface area contributed by atoms with Crippen molar-refractivity contribution in [3.05, 3.63) is 79.9 Å². The summed E-state index contributed by atoms with van der Waals surface area (Å²) in [4.78, 5) is 12.4. The van der Waals surface area contributed by atoms with Crippen LogP contribution in [0, 0.1) is 17.4 Å². The maximum Gasteiger partial charge on any atom is 0.262 e. The number of carbonyl (C=O) groups excluding carboxylic acids is 1. The van der Waals surface area contributed by atoms with Gasteiger partial charge in [0.05, 0.1) is 10.2 Å². The van der Waals surface area contributed by atoms with E-state index in [1.165, 1.54) is 0 Å². The molecule has 0 fully saturated rings. The summed E-state index contributed by atoms with van der Waals surface area (Å²) in [5.74, 6) is 0.952. The van der Waals surface area contributed by atoms with Gasteiger partial charge in [0.1, 0.15) is 0 Å². The van der Waals surface area contributed by atoms with Crippen molar-refractivity contribution in [1.82, 2.24) is 0 Å². The maximum atomic E-state index is 12.4. The summed E-state index contributed by atoms with van der Waals surface area (Å²) in [6.07, 6.45) is 0. The molecule has 0 radical (unpaired) electrons. The Balaban J connectivity index is 1.69. The van der Waals surface area contributed by atoms with Crippen LogP contribution in [0.15, 0.2) is 54.6 Å². The first kappa shape index (κ1) is 24.2. The van der Waals surface area contributed by atoms with Gasteiger partial charge in [-0.1, -0.05) is 29.8 Å². The number of anilines is 2. The summed E-state index contributed by atoms with van der Waals surface area (Å²) >= 11 is 8.42. The molecule has 32 heavy (non-hydrogen) atoms. The summed E-state index contributed by atoms with van der Waals surface area (Å²) in [6.45, 7) is 6.87. The zero-order chi connectivity index (χ0) is 23.1. The summed E-state index contributed by atoms with van der Waals surface area (Å²) in [5, 5.41) is 7.00. The monoisotopic (exact) mass is 564 g/mol. The van der Waals surface area contributed by atoms with Crippen molar-refractivity contribution in [2.75, 3.05) is 23.8 Å². The van der Waals surface area contributed by atoms with Gasteiger partial charge in [0.15, 0.2) is 18.1 Å². The van der Waals surface area contributed by atoms with E-state index >= 15 is 0 Å². The van der Waals surface area contributed by atoms with Gasteiger partial charge in [-0.2, -0.15) is 0 Å². The molecular formula is C25H26ClIN2O3. The normalized spacial score (nSPS) is 10.5. The van der Waals surface area contributed by atoms with E-state index in [0.29, 0.717) is 24.7 Å². The van der Waals surface area contributed by atoms with Gasteiger partial charge in [-0.3, -0.25) is 4.79 Å². The second kappa shape index (κ2) is 11.4. The van der Waals surface area contributed by atoms with E-state index in [4.69, 9.17) is 21.1 Å². The summed E-state index contributed by atoms with van der Waals surface area (Å²) in [6, 6.07) is 17.4. The SMILES string of the molecule is CCOc1cc(CNc2cccc(Cl)c2C)cc(I)c1OCC(=O)Nc1cccc(C)c1. The molecule has 0 saturated carbocycles. The highest BCUT2D eigenvalue weighted by molar-refractivity contribution is 14.1. The van der Waals surface area contributed by atoms with Gasteiger partial charge in [0.2, 0.25) is 0 Å². The fourth-order valence-electron chi connectivity index (χ4n) is 3.18. The molecule has 0 bridgehead atoms. The Kier molecular flexibility index (Phi) is 8.64. The number of hydrogen-bond donors (Lipinski definition) is 2.